The molecule has 0 aromatic heterocycles. The van der Waals surface area contributed by atoms with Gasteiger partial charge in [0.25, 0.3) is 11.6 Å². The summed E-state index contributed by atoms with van der Waals surface area (Å²) in [5.41, 5.74) is 0.695. The van der Waals surface area contributed by atoms with E-state index in [1.54, 1.807) is 40.9 Å². The first-order valence-corrected chi connectivity index (χ1v) is 10.0. The molecule has 0 aliphatic carbocycles. The van der Waals surface area contributed by atoms with Crippen molar-refractivity contribution >= 4 is 23.2 Å². The Bertz CT molecular complexity index is 748. The molecule has 2 amide bonds. The highest BCUT2D eigenvalue weighted by Gasteiger charge is 2.25. The molecule has 1 aliphatic rings. The lowest BCUT2D eigenvalue weighted by Gasteiger charge is -2.25. The van der Waals surface area contributed by atoms with Crippen LogP contribution < -0.4 is 4.90 Å². The zero-order chi connectivity index (χ0) is 21.6. The molecule has 0 unspecified atom stereocenters. The summed E-state index contributed by atoms with van der Waals surface area (Å²) < 4.78 is 0. The van der Waals surface area contributed by atoms with Crippen LogP contribution in [0.3, 0.4) is 0 Å². The first kappa shape index (κ1) is 22.6. The van der Waals surface area contributed by atoms with E-state index in [0.717, 1.165) is 13.0 Å². The lowest BCUT2D eigenvalue weighted by molar-refractivity contribution is -0.384. The molecule has 0 saturated carbocycles. The minimum atomic E-state index is -0.463. The van der Waals surface area contributed by atoms with E-state index in [4.69, 9.17) is 0 Å². The van der Waals surface area contributed by atoms with Crippen molar-refractivity contribution in [1.82, 2.24) is 14.7 Å². The number of carbonyl (C=O) groups is 2. The lowest BCUT2D eigenvalue weighted by atomic mass is 10.1. The first-order chi connectivity index (χ1) is 13.8. The highest BCUT2D eigenvalue weighted by atomic mass is 16.6. The molecule has 0 radical (unpaired) electrons. The molecule has 0 bridgehead atoms. The normalized spacial score (nSPS) is 15.0. The summed E-state index contributed by atoms with van der Waals surface area (Å²) in [5.74, 6) is -0.111. The van der Waals surface area contributed by atoms with Gasteiger partial charge >= 0.3 is 0 Å². The molecule has 1 fully saturated rings. The van der Waals surface area contributed by atoms with Crippen molar-refractivity contribution in [2.24, 2.45) is 0 Å². The van der Waals surface area contributed by atoms with Crippen LogP contribution in [-0.2, 0) is 4.79 Å². The molecular weight excluding hydrogens is 374 g/mol. The monoisotopic (exact) mass is 405 g/mol. The number of nitro groups is 1. The highest BCUT2D eigenvalue weighted by molar-refractivity contribution is 5.95. The van der Waals surface area contributed by atoms with Gasteiger partial charge in [-0.05, 0) is 32.4 Å². The lowest BCUT2D eigenvalue weighted by Crippen LogP contribution is -2.42. The predicted molar refractivity (Wildman–Crippen MR) is 112 cm³/mol. The van der Waals surface area contributed by atoms with E-state index in [-0.39, 0.29) is 17.5 Å². The fraction of sp³-hybridized carbons (Fsp3) is 0.600. The van der Waals surface area contributed by atoms with E-state index in [2.05, 4.69) is 4.90 Å². The van der Waals surface area contributed by atoms with Crippen molar-refractivity contribution in [2.75, 3.05) is 64.8 Å². The number of benzene rings is 1. The van der Waals surface area contributed by atoms with Gasteiger partial charge in [0.05, 0.1) is 11.5 Å². The number of carbonyl (C=O) groups excluding carboxylic acids is 2. The summed E-state index contributed by atoms with van der Waals surface area (Å²) in [6, 6.07) is 4.60. The minimum Gasteiger partial charge on any atom is -0.372 e. The summed E-state index contributed by atoms with van der Waals surface area (Å²) in [5, 5.41) is 11.4. The Hall–Kier alpha value is -2.68. The third-order valence-electron chi connectivity index (χ3n) is 5.25. The van der Waals surface area contributed by atoms with Gasteiger partial charge in [0.1, 0.15) is 5.69 Å². The van der Waals surface area contributed by atoms with Gasteiger partial charge in [-0.1, -0.05) is 0 Å². The maximum atomic E-state index is 12.9. The van der Waals surface area contributed by atoms with Gasteiger partial charge < -0.3 is 14.7 Å². The molecule has 0 N–H and O–H groups in total. The van der Waals surface area contributed by atoms with E-state index in [1.165, 1.54) is 6.07 Å². The molecule has 29 heavy (non-hydrogen) atoms. The Morgan fingerprint density at radius 2 is 1.79 bits per heavy atom. The number of hydrogen-bond acceptors (Lipinski definition) is 6. The first-order valence-electron chi connectivity index (χ1n) is 10.0. The zero-order valence-corrected chi connectivity index (χ0v) is 17.8. The number of nitrogens with zero attached hydrogens (tertiary/aromatic N) is 5. The smallest absolute Gasteiger partial charge is 0.293 e. The number of hydrogen-bond donors (Lipinski definition) is 0. The molecule has 160 valence electrons. The van der Waals surface area contributed by atoms with Gasteiger partial charge in [-0.15, -0.1) is 0 Å². The van der Waals surface area contributed by atoms with Crippen molar-refractivity contribution in [3.63, 3.8) is 0 Å². The van der Waals surface area contributed by atoms with Crippen molar-refractivity contribution in [3.05, 3.63) is 33.9 Å². The molecule has 1 aliphatic heterocycles. The summed E-state index contributed by atoms with van der Waals surface area (Å²) in [4.78, 5) is 43.5. The molecule has 1 aromatic carbocycles. The maximum absolute atomic E-state index is 12.9. The second kappa shape index (κ2) is 10.2. The van der Waals surface area contributed by atoms with E-state index >= 15 is 0 Å². The van der Waals surface area contributed by atoms with Gasteiger partial charge in [-0.2, -0.15) is 0 Å². The molecule has 0 atom stereocenters. The van der Waals surface area contributed by atoms with Gasteiger partial charge in [0.15, 0.2) is 0 Å². The Balaban J connectivity index is 2.07. The van der Waals surface area contributed by atoms with Crippen LogP contribution in [0.2, 0.25) is 0 Å². The van der Waals surface area contributed by atoms with Crippen molar-refractivity contribution in [3.8, 4) is 0 Å². The van der Waals surface area contributed by atoms with E-state index in [9.17, 15) is 19.7 Å². The number of likely N-dealkylation sites (N-methyl/N-ethyl adjacent to an activating group) is 1. The van der Waals surface area contributed by atoms with Gasteiger partial charge in [0.2, 0.25) is 5.91 Å². The quantitative estimate of drug-likeness (QED) is 0.506. The Kier molecular flexibility index (Phi) is 7.95. The number of amides is 2. The number of rotatable bonds is 7. The van der Waals surface area contributed by atoms with Crippen LogP contribution in [-0.4, -0.2) is 91.3 Å². The minimum absolute atomic E-state index is 0.0814. The molecule has 1 saturated heterocycles. The fourth-order valence-electron chi connectivity index (χ4n) is 3.56. The van der Waals surface area contributed by atoms with Crippen molar-refractivity contribution < 1.29 is 14.5 Å². The summed E-state index contributed by atoms with van der Waals surface area (Å²) in [6.07, 6.45) is 0.759. The molecular formula is C20H31N5O4. The summed E-state index contributed by atoms with van der Waals surface area (Å²) in [7, 11) is 3.46. The van der Waals surface area contributed by atoms with Crippen LogP contribution in [0.5, 0.6) is 0 Å². The fourth-order valence-corrected chi connectivity index (χ4v) is 3.56. The molecule has 9 nitrogen and oxygen atoms in total. The summed E-state index contributed by atoms with van der Waals surface area (Å²) >= 11 is 0. The Morgan fingerprint density at radius 3 is 2.38 bits per heavy atom. The third-order valence-corrected chi connectivity index (χ3v) is 5.25. The van der Waals surface area contributed by atoms with Gasteiger partial charge in [0, 0.05) is 65.0 Å². The molecule has 1 aromatic rings. The second-order valence-corrected chi connectivity index (χ2v) is 7.34. The van der Waals surface area contributed by atoms with Crippen LogP contribution >= 0.6 is 0 Å². The zero-order valence-electron chi connectivity index (χ0n) is 17.8. The van der Waals surface area contributed by atoms with Gasteiger partial charge in [-0.25, -0.2) is 0 Å². The average Bonchev–Trinajstić information content (AvgIpc) is 2.93. The van der Waals surface area contributed by atoms with Crippen molar-refractivity contribution in [2.45, 2.75) is 20.3 Å². The van der Waals surface area contributed by atoms with Crippen LogP contribution in [0.1, 0.15) is 30.6 Å². The molecule has 9 heteroatoms. The molecule has 0 spiro atoms. The van der Waals surface area contributed by atoms with Crippen LogP contribution in [0.25, 0.3) is 0 Å². The van der Waals surface area contributed by atoms with Crippen molar-refractivity contribution in [1.29, 1.82) is 0 Å². The number of anilines is 1. The third kappa shape index (κ3) is 5.66. The second-order valence-electron chi connectivity index (χ2n) is 7.34. The van der Waals surface area contributed by atoms with E-state index < -0.39 is 4.92 Å². The largest absolute Gasteiger partial charge is 0.372 e. The van der Waals surface area contributed by atoms with Crippen LogP contribution in [0.15, 0.2) is 18.2 Å². The topological polar surface area (TPSA) is 90.2 Å². The van der Waals surface area contributed by atoms with E-state index in [0.29, 0.717) is 50.5 Å². The van der Waals surface area contributed by atoms with Crippen LogP contribution in [0, 0.1) is 10.1 Å². The SMILES string of the molecule is CCN(CC)C(=O)CN1CCCN(C(=O)c2ccc(N(C)C)c([N+](=O)[O-])c2)CC1. The highest BCUT2D eigenvalue weighted by Crippen LogP contribution is 2.28. The Morgan fingerprint density at radius 1 is 1.10 bits per heavy atom. The maximum Gasteiger partial charge on any atom is 0.293 e. The average molecular weight is 405 g/mol. The Labute approximate surface area is 172 Å². The summed E-state index contributed by atoms with van der Waals surface area (Å²) in [6.45, 7) is 8.08. The molecule has 2 rings (SSSR count). The van der Waals surface area contributed by atoms with Gasteiger partial charge in [-0.3, -0.25) is 24.6 Å². The predicted octanol–water partition coefficient (Wildman–Crippen LogP) is 1.68. The number of nitro benzene ring substituents is 1. The molecule has 1 heterocycles. The van der Waals surface area contributed by atoms with Crippen LogP contribution in [0.4, 0.5) is 11.4 Å². The standard InChI is InChI=1S/C20H31N5O4/c1-5-23(6-2)19(26)15-22-10-7-11-24(13-12-22)20(27)16-8-9-17(21(3)4)18(14-16)25(28)29/h8-9,14H,5-7,10-13,15H2,1-4H3. The van der Waals surface area contributed by atoms with E-state index in [1.807, 2.05) is 13.8 Å².